The predicted octanol–water partition coefficient (Wildman–Crippen LogP) is 6.64. The van der Waals surface area contributed by atoms with Crippen molar-refractivity contribution in [1.82, 2.24) is 0 Å². The van der Waals surface area contributed by atoms with Gasteiger partial charge >= 0.3 is 0 Å². The van der Waals surface area contributed by atoms with Gasteiger partial charge in [0.25, 0.3) is 0 Å². The lowest BCUT2D eigenvalue weighted by atomic mass is 9.82. The number of rotatable bonds is 4. The van der Waals surface area contributed by atoms with Crippen LogP contribution in [-0.2, 0) is 0 Å². The van der Waals surface area contributed by atoms with Gasteiger partial charge in [-0.15, -0.1) is 0 Å². The molecule has 1 atom stereocenters. The maximum Gasteiger partial charge on any atom is 0.163 e. The monoisotopic (exact) mass is 318 g/mol. The summed E-state index contributed by atoms with van der Waals surface area (Å²) in [6.45, 7) is 8.89. The molecule has 0 fully saturated rings. The van der Waals surface area contributed by atoms with E-state index < -0.39 is 0 Å². The first kappa shape index (κ1) is 16.7. The molecular weight excluding hydrogens is 292 g/mol. The van der Waals surface area contributed by atoms with Crippen molar-refractivity contribution in [2.75, 3.05) is 0 Å². The normalized spacial score (nSPS) is 13.3. The fourth-order valence-electron chi connectivity index (χ4n) is 3.83. The lowest BCUT2D eigenvalue weighted by Gasteiger charge is -2.23. The van der Waals surface area contributed by atoms with Crippen molar-refractivity contribution >= 4 is 27.3 Å². The molecule has 0 heterocycles. The molecule has 0 aliphatic heterocycles. The van der Waals surface area contributed by atoms with Crippen LogP contribution in [0.4, 0.5) is 0 Å². The van der Waals surface area contributed by atoms with Crippen LogP contribution >= 0.6 is 0 Å². The van der Waals surface area contributed by atoms with E-state index in [9.17, 15) is 4.79 Å². The summed E-state index contributed by atoms with van der Waals surface area (Å²) in [4.78, 5) is 13.0. The average molecular weight is 318 g/mol. The van der Waals surface area contributed by atoms with Gasteiger partial charge in [0.05, 0.1) is 0 Å². The third-order valence-corrected chi connectivity index (χ3v) is 4.56. The zero-order valence-electron chi connectivity index (χ0n) is 15.1. The molecule has 0 saturated heterocycles. The zero-order valence-corrected chi connectivity index (χ0v) is 15.1. The van der Waals surface area contributed by atoms with Crippen LogP contribution in [-0.4, -0.2) is 5.78 Å². The number of fused-ring (bicyclic) bond motifs is 3. The van der Waals surface area contributed by atoms with Crippen LogP contribution in [0.25, 0.3) is 21.5 Å². The molecule has 0 aliphatic carbocycles. The molecule has 3 aromatic carbocycles. The quantitative estimate of drug-likeness (QED) is 0.389. The summed E-state index contributed by atoms with van der Waals surface area (Å²) in [6.07, 6.45) is 1.67. The Bertz CT molecular complexity index is 883. The van der Waals surface area contributed by atoms with Gasteiger partial charge in [0.2, 0.25) is 0 Å². The van der Waals surface area contributed by atoms with Gasteiger partial charge in [0.15, 0.2) is 5.78 Å². The standard InChI is InChI=1S/C23H26O/c1-16(15-23(2,3)4)13-22(24)21-14-17-9-5-6-10-18(17)19-11-7-8-12-20(19)21/h5-12,14,16H,13,15H2,1-4H3. The van der Waals surface area contributed by atoms with Crippen molar-refractivity contribution in [3.63, 3.8) is 0 Å². The molecule has 0 aromatic heterocycles. The molecule has 124 valence electrons. The highest BCUT2D eigenvalue weighted by Gasteiger charge is 2.20. The fourth-order valence-corrected chi connectivity index (χ4v) is 3.83. The van der Waals surface area contributed by atoms with Crippen LogP contribution in [0.15, 0.2) is 54.6 Å². The lowest BCUT2D eigenvalue weighted by molar-refractivity contribution is 0.0956. The number of benzene rings is 3. The van der Waals surface area contributed by atoms with Crippen molar-refractivity contribution in [3.05, 3.63) is 60.2 Å². The Morgan fingerprint density at radius 1 is 0.917 bits per heavy atom. The molecule has 3 aromatic rings. The highest BCUT2D eigenvalue weighted by Crippen LogP contribution is 2.31. The van der Waals surface area contributed by atoms with E-state index in [2.05, 4.69) is 64.1 Å². The number of hydrogen-bond acceptors (Lipinski definition) is 1. The molecule has 0 spiro atoms. The highest BCUT2D eigenvalue weighted by molar-refractivity contribution is 6.17. The van der Waals surface area contributed by atoms with Crippen LogP contribution < -0.4 is 0 Å². The van der Waals surface area contributed by atoms with Gasteiger partial charge in [0.1, 0.15) is 0 Å². The van der Waals surface area contributed by atoms with Gasteiger partial charge < -0.3 is 0 Å². The van der Waals surface area contributed by atoms with Crippen LogP contribution in [0.2, 0.25) is 0 Å². The summed E-state index contributed by atoms with van der Waals surface area (Å²) in [5.41, 5.74) is 1.12. The SMILES string of the molecule is CC(CC(=O)c1cc2ccccc2c2ccccc12)CC(C)(C)C. The first-order valence-corrected chi connectivity index (χ1v) is 8.79. The summed E-state index contributed by atoms with van der Waals surface area (Å²) in [7, 11) is 0. The summed E-state index contributed by atoms with van der Waals surface area (Å²) in [5.74, 6) is 0.649. The van der Waals surface area contributed by atoms with Crippen molar-refractivity contribution in [2.24, 2.45) is 11.3 Å². The van der Waals surface area contributed by atoms with E-state index in [0.717, 1.165) is 22.8 Å². The topological polar surface area (TPSA) is 17.1 Å². The summed E-state index contributed by atoms with van der Waals surface area (Å²) in [5, 5.41) is 4.60. The van der Waals surface area contributed by atoms with E-state index in [-0.39, 0.29) is 11.2 Å². The summed E-state index contributed by atoms with van der Waals surface area (Å²) < 4.78 is 0. The Kier molecular flexibility index (Phi) is 4.45. The molecule has 1 unspecified atom stereocenters. The fraction of sp³-hybridized carbons (Fsp3) is 0.348. The van der Waals surface area contributed by atoms with E-state index in [0.29, 0.717) is 12.3 Å². The molecule has 0 N–H and O–H groups in total. The molecular formula is C23H26O. The third kappa shape index (κ3) is 3.51. The van der Waals surface area contributed by atoms with Crippen molar-refractivity contribution in [3.8, 4) is 0 Å². The number of hydrogen-bond donors (Lipinski definition) is 0. The summed E-state index contributed by atoms with van der Waals surface area (Å²) in [6, 6.07) is 18.7. The molecule has 0 amide bonds. The largest absolute Gasteiger partial charge is 0.294 e. The number of ketones is 1. The minimum Gasteiger partial charge on any atom is -0.294 e. The van der Waals surface area contributed by atoms with Gasteiger partial charge in [-0.05, 0) is 45.4 Å². The lowest BCUT2D eigenvalue weighted by Crippen LogP contribution is -2.14. The maximum absolute atomic E-state index is 13.0. The Morgan fingerprint density at radius 2 is 1.50 bits per heavy atom. The molecule has 0 saturated carbocycles. The van der Waals surface area contributed by atoms with Crippen LogP contribution in [0.5, 0.6) is 0 Å². The van der Waals surface area contributed by atoms with Crippen LogP contribution in [0.3, 0.4) is 0 Å². The molecule has 3 rings (SSSR count). The molecule has 0 aliphatic rings. The maximum atomic E-state index is 13.0. The Morgan fingerprint density at radius 3 is 2.17 bits per heavy atom. The third-order valence-electron chi connectivity index (χ3n) is 4.56. The Balaban J connectivity index is 2.03. The minimum absolute atomic E-state index is 0.255. The molecule has 0 radical (unpaired) electrons. The van der Waals surface area contributed by atoms with E-state index in [1.165, 1.54) is 10.8 Å². The van der Waals surface area contributed by atoms with Crippen molar-refractivity contribution in [2.45, 2.75) is 40.5 Å². The predicted molar refractivity (Wildman–Crippen MR) is 104 cm³/mol. The second-order valence-electron chi connectivity index (χ2n) is 8.19. The second kappa shape index (κ2) is 6.39. The highest BCUT2D eigenvalue weighted by atomic mass is 16.1. The number of carbonyl (C=O) groups excluding carboxylic acids is 1. The van der Waals surface area contributed by atoms with Crippen molar-refractivity contribution in [1.29, 1.82) is 0 Å². The number of Topliss-reactive ketones (excluding diaryl/α,β-unsaturated/α-hetero) is 1. The molecule has 1 heteroatoms. The van der Waals surface area contributed by atoms with E-state index in [1.807, 2.05) is 18.2 Å². The first-order chi connectivity index (χ1) is 11.3. The van der Waals surface area contributed by atoms with Gasteiger partial charge in [-0.1, -0.05) is 76.2 Å². The molecule has 24 heavy (non-hydrogen) atoms. The molecule has 0 bridgehead atoms. The van der Waals surface area contributed by atoms with Crippen LogP contribution in [0.1, 0.15) is 50.9 Å². The smallest absolute Gasteiger partial charge is 0.163 e. The second-order valence-corrected chi connectivity index (χ2v) is 8.19. The summed E-state index contributed by atoms with van der Waals surface area (Å²) >= 11 is 0. The zero-order chi connectivity index (χ0) is 17.3. The Hall–Kier alpha value is -2.15. The van der Waals surface area contributed by atoms with E-state index in [1.54, 1.807) is 0 Å². The first-order valence-electron chi connectivity index (χ1n) is 8.79. The van der Waals surface area contributed by atoms with E-state index in [4.69, 9.17) is 0 Å². The average Bonchev–Trinajstić information content (AvgIpc) is 2.52. The van der Waals surface area contributed by atoms with Crippen molar-refractivity contribution < 1.29 is 4.79 Å². The van der Waals surface area contributed by atoms with Gasteiger partial charge in [-0.3, -0.25) is 4.79 Å². The minimum atomic E-state index is 0.255. The van der Waals surface area contributed by atoms with Crippen LogP contribution in [0, 0.1) is 11.3 Å². The van der Waals surface area contributed by atoms with Gasteiger partial charge in [-0.25, -0.2) is 0 Å². The van der Waals surface area contributed by atoms with E-state index >= 15 is 0 Å². The van der Waals surface area contributed by atoms with Gasteiger partial charge in [-0.2, -0.15) is 0 Å². The Labute approximate surface area is 144 Å². The van der Waals surface area contributed by atoms with Gasteiger partial charge in [0, 0.05) is 12.0 Å². The number of carbonyl (C=O) groups is 1. The molecule has 1 nitrogen and oxygen atoms in total.